The number of carbonyl (C=O) groups excluding carboxylic acids is 4. The Kier molecular flexibility index (Phi) is 10.7. The number of esters is 1. The second-order valence-electron chi connectivity index (χ2n) is 16.5. The highest BCUT2D eigenvalue weighted by atomic mass is 16.7. The average Bonchev–Trinajstić information content (AvgIpc) is 3.76. The molecule has 3 aliphatic carbocycles. The molecule has 16 heteroatoms. The number of anilines is 2. The zero-order valence-electron chi connectivity index (χ0n) is 33.7. The Morgan fingerprint density at radius 2 is 1.62 bits per heavy atom. The summed E-state index contributed by atoms with van der Waals surface area (Å²) >= 11 is 0. The van der Waals surface area contributed by atoms with E-state index in [0.717, 1.165) is 11.3 Å². The molecular formula is C39H55N5O11. The maximum Gasteiger partial charge on any atom is 0.307 e. The molecule has 0 radical (unpaired) electrons. The maximum absolute atomic E-state index is 14.2. The van der Waals surface area contributed by atoms with Crippen LogP contribution in [0.1, 0.15) is 59.1 Å². The van der Waals surface area contributed by atoms with Crippen molar-refractivity contribution in [1.82, 2.24) is 15.5 Å². The molecule has 16 nitrogen and oxygen atoms in total. The molecule has 2 saturated heterocycles. The van der Waals surface area contributed by atoms with Crippen molar-refractivity contribution in [2.75, 3.05) is 78.5 Å². The van der Waals surface area contributed by atoms with E-state index in [-0.39, 0.29) is 61.5 Å². The first kappa shape index (κ1) is 40.6. The lowest BCUT2D eigenvalue weighted by Crippen LogP contribution is -2.67. The number of aliphatic hydroxyl groups is 1. The minimum Gasteiger partial charge on any atom is -0.511 e. The molecule has 4 atom stereocenters. The van der Waals surface area contributed by atoms with Gasteiger partial charge in [0.2, 0.25) is 23.4 Å². The fourth-order valence-corrected chi connectivity index (χ4v) is 9.30. The van der Waals surface area contributed by atoms with E-state index in [1.165, 1.54) is 21.0 Å². The summed E-state index contributed by atoms with van der Waals surface area (Å²) in [5.74, 6) is -7.07. The first-order valence-corrected chi connectivity index (χ1v) is 18.6. The molecule has 1 aromatic carbocycles. The summed E-state index contributed by atoms with van der Waals surface area (Å²) in [5, 5.41) is 21.7. The summed E-state index contributed by atoms with van der Waals surface area (Å²) in [4.78, 5) is 56.5. The van der Waals surface area contributed by atoms with Crippen LogP contribution in [-0.4, -0.2) is 119 Å². The number of carbonyl (C=O) groups is 4. The van der Waals surface area contributed by atoms with Crippen molar-refractivity contribution in [3.63, 3.8) is 0 Å². The standard InChI is InChI=1S/C39H55N5O11/c1-20(45)41-35(49)30-33(55-21(2)46)31(44(9)10)24-17-22-16-23-26(43(7)8)18-25(42-27(47)19-40-36(3,4)5)32(50-11)29(23)38(51-12-13-52-38)28(22)34(48)37(24,6)39(30)53-14-15-54-39/h18,22,24,31,40,48H,12-17,19H2,1-11H3,(H,42,47)(H,41,45,49)/t22-,24-,31-,37+/m0/s1. The smallest absolute Gasteiger partial charge is 0.307 e. The topological polar surface area (TPSA) is 186 Å². The molecular weight excluding hydrogens is 714 g/mol. The SMILES string of the molecule is COc1c(NC(=O)CNC(C)(C)C)cc(N(C)C)c2c1C1(OCCO1)C1=C(O)[C@@]3(C)[C@@H](C[C@@H]1C2)[C@H](N(C)C)C(OC(C)=O)=C(C(=O)NC(C)=O)C31OCCO1. The van der Waals surface area contributed by atoms with Crippen LogP contribution in [0.3, 0.4) is 0 Å². The molecule has 5 aliphatic rings. The predicted octanol–water partition coefficient (Wildman–Crippen LogP) is 2.46. The van der Waals surface area contributed by atoms with Crippen LogP contribution in [0.25, 0.3) is 0 Å². The second kappa shape index (κ2) is 14.5. The number of aliphatic hydroxyl groups excluding tert-OH is 1. The Labute approximate surface area is 321 Å². The van der Waals surface area contributed by atoms with Gasteiger partial charge in [0, 0.05) is 50.7 Å². The van der Waals surface area contributed by atoms with Crippen molar-refractivity contribution in [2.45, 2.75) is 77.5 Å². The van der Waals surface area contributed by atoms with Gasteiger partial charge in [-0.15, -0.1) is 0 Å². The highest BCUT2D eigenvalue weighted by Gasteiger charge is 2.73. The van der Waals surface area contributed by atoms with Gasteiger partial charge in [0.1, 0.15) is 17.1 Å². The van der Waals surface area contributed by atoms with Crippen molar-refractivity contribution in [3.05, 3.63) is 39.9 Å². The molecule has 2 heterocycles. The fraction of sp³-hybridized carbons (Fsp3) is 0.641. The van der Waals surface area contributed by atoms with Crippen LogP contribution in [0, 0.1) is 17.3 Å². The molecule has 0 bridgehead atoms. The lowest BCUT2D eigenvalue weighted by atomic mass is 9.51. The summed E-state index contributed by atoms with van der Waals surface area (Å²) < 4.78 is 38.3. The highest BCUT2D eigenvalue weighted by molar-refractivity contribution is 6.05. The van der Waals surface area contributed by atoms with Gasteiger partial charge in [-0.2, -0.15) is 0 Å². The average molecular weight is 770 g/mol. The van der Waals surface area contributed by atoms with Gasteiger partial charge in [-0.25, -0.2) is 0 Å². The van der Waals surface area contributed by atoms with Crippen LogP contribution in [0.15, 0.2) is 28.7 Å². The van der Waals surface area contributed by atoms with Crippen LogP contribution < -0.4 is 25.6 Å². The van der Waals surface area contributed by atoms with Gasteiger partial charge in [0.25, 0.3) is 5.91 Å². The fourth-order valence-electron chi connectivity index (χ4n) is 9.30. The van der Waals surface area contributed by atoms with Gasteiger partial charge in [-0.1, -0.05) is 0 Å². The largest absolute Gasteiger partial charge is 0.511 e. The number of nitrogens with one attached hydrogen (secondary N) is 3. The number of imide groups is 1. The predicted molar refractivity (Wildman–Crippen MR) is 200 cm³/mol. The minimum absolute atomic E-state index is 0.0202. The van der Waals surface area contributed by atoms with Gasteiger partial charge in [0.05, 0.1) is 62.8 Å². The van der Waals surface area contributed by atoms with Gasteiger partial charge < -0.3 is 49.1 Å². The van der Waals surface area contributed by atoms with Crippen molar-refractivity contribution in [3.8, 4) is 5.75 Å². The Balaban J connectivity index is 1.64. The number of amides is 3. The maximum atomic E-state index is 14.2. The summed E-state index contributed by atoms with van der Waals surface area (Å²) in [5.41, 5.74) is 0.876. The molecule has 2 aliphatic heterocycles. The van der Waals surface area contributed by atoms with E-state index in [2.05, 4.69) is 16.0 Å². The lowest BCUT2D eigenvalue weighted by molar-refractivity contribution is -0.245. The number of rotatable bonds is 8. The normalized spacial score (nSPS) is 26.4. The number of fused-ring (bicyclic) bond motifs is 6. The van der Waals surface area contributed by atoms with E-state index >= 15 is 0 Å². The lowest BCUT2D eigenvalue weighted by Gasteiger charge is -2.60. The van der Waals surface area contributed by atoms with Gasteiger partial charge in [0.15, 0.2) is 5.75 Å². The summed E-state index contributed by atoms with van der Waals surface area (Å²) in [6, 6.07) is 1.10. The zero-order valence-corrected chi connectivity index (χ0v) is 33.7. The summed E-state index contributed by atoms with van der Waals surface area (Å²) in [6.07, 6.45) is 0.776. The first-order valence-electron chi connectivity index (χ1n) is 18.6. The first-order chi connectivity index (χ1) is 25.7. The quantitative estimate of drug-likeness (QED) is 0.283. The van der Waals surface area contributed by atoms with Crippen LogP contribution >= 0.6 is 0 Å². The van der Waals surface area contributed by atoms with Gasteiger partial charge >= 0.3 is 5.97 Å². The molecule has 2 fully saturated rings. The molecule has 55 heavy (non-hydrogen) atoms. The number of ether oxygens (including phenoxy) is 6. The monoisotopic (exact) mass is 769 g/mol. The number of hydrogen-bond donors (Lipinski definition) is 4. The number of benzene rings is 1. The van der Waals surface area contributed by atoms with E-state index in [1.807, 2.05) is 50.7 Å². The highest BCUT2D eigenvalue weighted by Crippen LogP contribution is 2.68. The van der Waals surface area contributed by atoms with Crippen LogP contribution in [-0.2, 0) is 55.1 Å². The van der Waals surface area contributed by atoms with Crippen molar-refractivity contribution in [2.24, 2.45) is 17.3 Å². The van der Waals surface area contributed by atoms with E-state index in [0.29, 0.717) is 35.4 Å². The second-order valence-corrected chi connectivity index (χ2v) is 16.5. The molecule has 6 rings (SSSR count). The molecule has 3 amide bonds. The van der Waals surface area contributed by atoms with Crippen molar-refractivity contribution >= 4 is 35.1 Å². The van der Waals surface area contributed by atoms with Crippen LogP contribution in [0.2, 0.25) is 0 Å². The van der Waals surface area contributed by atoms with Crippen LogP contribution in [0.5, 0.6) is 5.75 Å². The molecule has 0 saturated carbocycles. The third-order valence-electron chi connectivity index (χ3n) is 11.3. The third kappa shape index (κ3) is 6.49. The van der Waals surface area contributed by atoms with Crippen LogP contribution in [0.4, 0.5) is 11.4 Å². The third-order valence-corrected chi connectivity index (χ3v) is 11.3. The molecule has 0 aromatic heterocycles. The molecule has 1 aromatic rings. The number of likely N-dealkylation sites (N-methyl/N-ethyl adjacent to an activating group) is 1. The van der Waals surface area contributed by atoms with Gasteiger partial charge in [-0.3, -0.25) is 29.4 Å². The summed E-state index contributed by atoms with van der Waals surface area (Å²) in [6.45, 7) is 10.6. The Morgan fingerprint density at radius 3 is 2.15 bits per heavy atom. The minimum atomic E-state index is -2.01. The Morgan fingerprint density at radius 1 is 1.00 bits per heavy atom. The molecule has 302 valence electrons. The van der Waals surface area contributed by atoms with Crippen molar-refractivity contribution < 1.29 is 52.7 Å². The van der Waals surface area contributed by atoms with E-state index < -0.39 is 52.7 Å². The number of nitrogens with zero attached hydrogens (tertiary/aromatic N) is 2. The Hall–Kier alpha value is -4.06. The molecule has 0 unspecified atom stereocenters. The molecule has 4 N–H and O–H groups in total. The van der Waals surface area contributed by atoms with E-state index in [1.54, 1.807) is 21.0 Å². The molecule has 2 spiro atoms. The van der Waals surface area contributed by atoms with Crippen molar-refractivity contribution in [1.29, 1.82) is 0 Å². The Bertz CT molecular complexity index is 1830. The van der Waals surface area contributed by atoms with E-state index in [9.17, 15) is 24.3 Å². The number of methoxy groups -OCH3 is 1. The number of hydrogen-bond acceptors (Lipinski definition) is 14. The summed E-state index contributed by atoms with van der Waals surface area (Å²) in [7, 11) is 8.91. The van der Waals surface area contributed by atoms with E-state index in [4.69, 9.17) is 28.4 Å². The van der Waals surface area contributed by atoms with Gasteiger partial charge in [-0.05, 0) is 72.2 Å². The zero-order chi connectivity index (χ0) is 40.4.